The van der Waals surface area contributed by atoms with Crippen LogP contribution in [0.25, 0.3) is 0 Å². The molecule has 1 aromatic carbocycles. The van der Waals surface area contributed by atoms with E-state index in [2.05, 4.69) is 17.4 Å². The Morgan fingerprint density at radius 2 is 1.89 bits per heavy atom. The lowest BCUT2D eigenvalue weighted by Gasteiger charge is -2.31. The summed E-state index contributed by atoms with van der Waals surface area (Å²) in [5, 5.41) is 3.56. The predicted octanol–water partition coefficient (Wildman–Crippen LogP) is 4.03. The first-order valence-electron chi connectivity index (χ1n) is 7.07. The minimum atomic E-state index is 0.286. The summed E-state index contributed by atoms with van der Waals surface area (Å²) in [5.41, 5.74) is 1.13. The number of rotatable bonds is 5. The van der Waals surface area contributed by atoms with Crippen molar-refractivity contribution >= 4 is 11.5 Å². The van der Waals surface area contributed by atoms with Crippen LogP contribution >= 0.6 is 0 Å². The number of hydrogen-bond donors (Lipinski definition) is 1. The number of nitrogens with one attached hydrogen (secondary N) is 1. The molecule has 0 spiro atoms. The lowest BCUT2D eigenvalue weighted by molar-refractivity contribution is -0.117. The summed E-state index contributed by atoms with van der Waals surface area (Å²) in [5.74, 6) is 0.942. The fourth-order valence-electron chi connectivity index (χ4n) is 2.93. The monoisotopic (exact) mass is 245 g/mol. The summed E-state index contributed by atoms with van der Waals surface area (Å²) in [6.07, 6.45) is 7.16. The zero-order chi connectivity index (χ0) is 12.8. The minimum Gasteiger partial charge on any atom is -0.382 e. The Bertz CT molecular complexity index is 368. The van der Waals surface area contributed by atoms with E-state index in [1.807, 2.05) is 18.2 Å². The van der Waals surface area contributed by atoms with Crippen molar-refractivity contribution in [1.82, 2.24) is 0 Å². The van der Waals surface area contributed by atoms with Gasteiger partial charge in [-0.3, -0.25) is 4.79 Å². The number of benzene rings is 1. The second-order valence-electron chi connectivity index (χ2n) is 5.42. The van der Waals surface area contributed by atoms with Crippen LogP contribution in [-0.2, 0) is 4.79 Å². The molecule has 1 atom stereocenters. The van der Waals surface area contributed by atoms with Crippen molar-refractivity contribution < 1.29 is 4.79 Å². The summed E-state index contributed by atoms with van der Waals surface area (Å²) in [4.78, 5) is 11.4. The molecular formula is C16H23NO. The number of carbonyl (C=O) groups is 1. The average molecular weight is 245 g/mol. The standard InChI is InChI=1S/C16H23NO/c1-13(18)12-16(14-8-4-2-5-9-14)17-15-10-6-3-7-11-15/h3,6-7,10-11,14,16-17H,2,4-5,8-9,12H2,1H3/t16-/m0/s1. The van der Waals surface area contributed by atoms with Crippen LogP contribution in [0.3, 0.4) is 0 Å². The van der Waals surface area contributed by atoms with E-state index < -0.39 is 0 Å². The van der Waals surface area contributed by atoms with E-state index in [0.29, 0.717) is 18.4 Å². The van der Waals surface area contributed by atoms with Crippen molar-refractivity contribution in [3.8, 4) is 0 Å². The van der Waals surface area contributed by atoms with Gasteiger partial charge in [-0.25, -0.2) is 0 Å². The number of para-hydroxylation sites is 1. The normalized spacial score (nSPS) is 18.3. The fourth-order valence-corrected chi connectivity index (χ4v) is 2.93. The summed E-state index contributed by atoms with van der Waals surface area (Å²) in [6, 6.07) is 10.6. The van der Waals surface area contributed by atoms with E-state index in [4.69, 9.17) is 0 Å². The highest BCUT2D eigenvalue weighted by Gasteiger charge is 2.24. The molecule has 0 unspecified atom stereocenters. The topological polar surface area (TPSA) is 29.1 Å². The van der Waals surface area contributed by atoms with Crippen LogP contribution in [-0.4, -0.2) is 11.8 Å². The molecule has 98 valence electrons. The zero-order valence-corrected chi connectivity index (χ0v) is 11.2. The Morgan fingerprint density at radius 1 is 1.22 bits per heavy atom. The van der Waals surface area contributed by atoms with Crippen molar-refractivity contribution in [1.29, 1.82) is 0 Å². The summed E-state index contributed by atoms with van der Waals surface area (Å²) < 4.78 is 0. The lowest BCUT2D eigenvalue weighted by atomic mass is 9.82. The van der Waals surface area contributed by atoms with Gasteiger partial charge in [0.1, 0.15) is 5.78 Å². The van der Waals surface area contributed by atoms with E-state index in [0.717, 1.165) is 5.69 Å². The molecule has 1 N–H and O–H groups in total. The van der Waals surface area contributed by atoms with E-state index >= 15 is 0 Å². The maximum absolute atomic E-state index is 11.4. The molecule has 0 aromatic heterocycles. The lowest BCUT2D eigenvalue weighted by Crippen LogP contribution is -2.32. The van der Waals surface area contributed by atoms with Crippen LogP contribution in [0.4, 0.5) is 5.69 Å². The first-order valence-corrected chi connectivity index (χ1v) is 7.07. The summed E-state index contributed by atoms with van der Waals surface area (Å²) >= 11 is 0. The molecule has 1 aliphatic rings. The largest absolute Gasteiger partial charge is 0.382 e. The van der Waals surface area contributed by atoms with E-state index in [-0.39, 0.29) is 5.78 Å². The van der Waals surface area contributed by atoms with Crippen molar-refractivity contribution in [2.45, 2.75) is 51.5 Å². The first kappa shape index (κ1) is 13.1. The van der Waals surface area contributed by atoms with Crippen LogP contribution in [0.2, 0.25) is 0 Å². The van der Waals surface area contributed by atoms with Gasteiger partial charge in [-0.15, -0.1) is 0 Å². The van der Waals surface area contributed by atoms with Crippen LogP contribution in [0.1, 0.15) is 45.4 Å². The van der Waals surface area contributed by atoms with E-state index in [1.54, 1.807) is 6.92 Å². The maximum Gasteiger partial charge on any atom is 0.131 e. The smallest absolute Gasteiger partial charge is 0.131 e. The van der Waals surface area contributed by atoms with Crippen LogP contribution in [0.15, 0.2) is 30.3 Å². The SMILES string of the molecule is CC(=O)C[C@H](Nc1ccccc1)C1CCCCC1. The van der Waals surface area contributed by atoms with Crippen LogP contribution < -0.4 is 5.32 Å². The van der Waals surface area contributed by atoms with Gasteiger partial charge in [0.2, 0.25) is 0 Å². The highest BCUT2D eigenvalue weighted by Crippen LogP contribution is 2.29. The molecular weight excluding hydrogens is 222 g/mol. The third-order valence-corrected chi connectivity index (χ3v) is 3.85. The predicted molar refractivity (Wildman–Crippen MR) is 75.7 cm³/mol. The molecule has 1 aromatic rings. The number of ketones is 1. The molecule has 2 heteroatoms. The van der Waals surface area contributed by atoms with Crippen molar-refractivity contribution in [3.63, 3.8) is 0 Å². The van der Waals surface area contributed by atoms with Gasteiger partial charge in [0.15, 0.2) is 0 Å². The molecule has 0 aliphatic heterocycles. The molecule has 1 saturated carbocycles. The molecule has 18 heavy (non-hydrogen) atoms. The maximum atomic E-state index is 11.4. The van der Waals surface area contributed by atoms with Gasteiger partial charge in [0.05, 0.1) is 0 Å². The third-order valence-electron chi connectivity index (χ3n) is 3.85. The van der Waals surface area contributed by atoms with Crippen molar-refractivity contribution in [3.05, 3.63) is 30.3 Å². The van der Waals surface area contributed by atoms with E-state index in [9.17, 15) is 4.79 Å². The Balaban J connectivity index is 2.02. The van der Waals surface area contributed by atoms with Gasteiger partial charge in [0.25, 0.3) is 0 Å². The molecule has 0 bridgehead atoms. The van der Waals surface area contributed by atoms with Crippen molar-refractivity contribution in [2.75, 3.05) is 5.32 Å². The van der Waals surface area contributed by atoms with Gasteiger partial charge in [-0.1, -0.05) is 37.5 Å². The summed E-state index contributed by atoms with van der Waals surface area (Å²) in [6.45, 7) is 1.70. The Morgan fingerprint density at radius 3 is 2.50 bits per heavy atom. The molecule has 1 aliphatic carbocycles. The highest BCUT2D eigenvalue weighted by molar-refractivity contribution is 5.76. The van der Waals surface area contributed by atoms with Gasteiger partial charge in [0, 0.05) is 18.2 Å². The van der Waals surface area contributed by atoms with E-state index in [1.165, 1.54) is 32.1 Å². The second-order valence-corrected chi connectivity index (χ2v) is 5.42. The first-order chi connectivity index (χ1) is 8.75. The fraction of sp³-hybridized carbons (Fsp3) is 0.562. The van der Waals surface area contributed by atoms with Crippen LogP contribution in [0.5, 0.6) is 0 Å². The molecule has 0 radical (unpaired) electrons. The average Bonchev–Trinajstić information content (AvgIpc) is 2.40. The van der Waals surface area contributed by atoms with Crippen LogP contribution in [0, 0.1) is 5.92 Å². The van der Waals surface area contributed by atoms with Gasteiger partial charge in [-0.2, -0.15) is 0 Å². The zero-order valence-electron chi connectivity index (χ0n) is 11.2. The summed E-state index contributed by atoms with van der Waals surface area (Å²) in [7, 11) is 0. The molecule has 0 amide bonds. The van der Waals surface area contributed by atoms with Gasteiger partial charge >= 0.3 is 0 Å². The Kier molecular flexibility index (Phi) is 4.80. The quantitative estimate of drug-likeness (QED) is 0.848. The molecule has 2 rings (SSSR count). The number of carbonyl (C=O) groups excluding carboxylic acids is 1. The number of hydrogen-bond acceptors (Lipinski definition) is 2. The molecule has 1 fully saturated rings. The Hall–Kier alpha value is -1.31. The second kappa shape index (κ2) is 6.58. The van der Waals surface area contributed by atoms with Gasteiger partial charge in [-0.05, 0) is 37.8 Å². The molecule has 2 nitrogen and oxygen atoms in total. The number of Topliss-reactive ketones (excluding diaryl/α,β-unsaturated/α-hetero) is 1. The highest BCUT2D eigenvalue weighted by atomic mass is 16.1. The third kappa shape index (κ3) is 3.86. The molecule has 0 heterocycles. The molecule has 0 saturated heterocycles. The Labute approximate surface area is 110 Å². The van der Waals surface area contributed by atoms with Gasteiger partial charge < -0.3 is 5.32 Å². The minimum absolute atomic E-state index is 0.286. The number of anilines is 1. The van der Waals surface area contributed by atoms with Crippen molar-refractivity contribution in [2.24, 2.45) is 5.92 Å².